The molecule has 1 aromatic carbocycles. The quantitative estimate of drug-likeness (QED) is 0.500. The molecule has 3 rings (SSSR count). The number of aromatic nitrogens is 2. The van der Waals surface area contributed by atoms with E-state index >= 15 is 0 Å². The molecule has 0 aliphatic carbocycles. The molecule has 3 aromatic rings. The minimum Gasteiger partial charge on any atom is -0.467 e. The van der Waals surface area contributed by atoms with Gasteiger partial charge < -0.3 is 9.73 Å². The van der Waals surface area contributed by atoms with Crippen LogP contribution in [0, 0.1) is 13.8 Å². The van der Waals surface area contributed by atoms with E-state index in [1.54, 1.807) is 6.26 Å². The zero-order chi connectivity index (χ0) is 16.9. The molecular formula is C17H17N3O2S2. The zero-order valence-corrected chi connectivity index (χ0v) is 15.0. The van der Waals surface area contributed by atoms with Gasteiger partial charge in [-0.3, -0.25) is 4.79 Å². The van der Waals surface area contributed by atoms with Crippen LogP contribution in [0.25, 0.3) is 0 Å². The van der Waals surface area contributed by atoms with Crippen molar-refractivity contribution in [1.82, 2.24) is 10.2 Å². The molecule has 0 aliphatic heterocycles. The Kier molecular flexibility index (Phi) is 5.32. The van der Waals surface area contributed by atoms with Crippen LogP contribution in [0.1, 0.15) is 27.2 Å². The number of carbonyl (C=O) groups excluding carboxylic acids is 1. The van der Waals surface area contributed by atoms with Gasteiger partial charge in [-0.15, -0.1) is 10.2 Å². The fraction of sp³-hybridized carbons (Fsp3) is 0.235. The predicted octanol–water partition coefficient (Wildman–Crippen LogP) is 4.34. The highest BCUT2D eigenvalue weighted by Crippen LogP contribution is 2.26. The van der Waals surface area contributed by atoms with E-state index in [-0.39, 0.29) is 5.78 Å². The first-order chi connectivity index (χ1) is 11.6. The first kappa shape index (κ1) is 16.7. The number of Topliss-reactive ketones (excluding diaryl/α,β-unsaturated/α-hetero) is 1. The molecule has 0 unspecified atom stereocenters. The predicted molar refractivity (Wildman–Crippen MR) is 96.9 cm³/mol. The molecule has 0 aliphatic rings. The monoisotopic (exact) mass is 359 g/mol. The maximum atomic E-state index is 12.3. The lowest BCUT2D eigenvalue weighted by Gasteiger charge is -2.03. The number of hydrogen-bond donors (Lipinski definition) is 1. The molecule has 0 bridgehead atoms. The highest BCUT2D eigenvalue weighted by atomic mass is 32.2. The summed E-state index contributed by atoms with van der Waals surface area (Å²) in [6, 6.07) is 9.54. The summed E-state index contributed by atoms with van der Waals surface area (Å²) in [6.07, 6.45) is 1.64. The zero-order valence-electron chi connectivity index (χ0n) is 13.4. The smallest absolute Gasteiger partial charge is 0.206 e. The summed E-state index contributed by atoms with van der Waals surface area (Å²) in [5.74, 6) is 1.29. The average Bonchev–Trinajstić information content (AvgIpc) is 3.24. The molecule has 0 saturated heterocycles. The molecule has 7 heteroatoms. The molecule has 1 N–H and O–H groups in total. The van der Waals surface area contributed by atoms with Gasteiger partial charge in [-0.05, 0) is 43.2 Å². The molecule has 124 valence electrons. The Morgan fingerprint density at radius 2 is 2.12 bits per heavy atom. The number of benzene rings is 1. The van der Waals surface area contributed by atoms with Crippen LogP contribution in [0.5, 0.6) is 0 Å². The van der Waals surface area contributed by atoms with E-state index in [2.05, 4.69) is 15.5 Å². The summed E-state index contributed by atoms with van der Waals surface area (Å²) in [4.78, 5) is 12.3. The number of aryl methyl sites for hydroxylation is 2. The Labute approximate surface area is 148 Å². The lowest BCUT2D eigenvalue weighted by Crippen LogP contribution is -2.03. The van der Waals surface area contributed by atoms with Gasteiger partial charge in [0.05, 0.1) is 18.6 Å². The Morgan fingerprint density at radius 3 is 2.88 bits per heavy atom. The summed E-state index contributed by atoms with van der Waals surface area (Å²) >= 11 is 2.84. The number of anilines is 1. The van der Waals surface area contributed by atoms with Crippen molar-refractivity contribution in [3.8, 4) is 0 Å². The largest absolute Gasteiger partial charge is 0.467 e. The molecule has 24 heavy (non-hydrogen) atoms. The molecule has 0 radical (unpaired) electrons. The summed E-state index contributed by atoms with van der Waals surface area (Å²) in [5, 5.41) is 12.0. The van der Waals surface area contributed by atoms with Gasteiger partial charge in [0.25, 0.3) is 0 Å². The van der Waals surface area contributed by atoms with Crippen molar-refractivity contribution >= 4 is 34.0 Å². The highest BCUT2D eigenvalue weighted by Gasteiger charge is 2.11. The Morgan fingerprint density at radius 1 is 1.25 bits per heavy atom. The Bertz CT molecular complexity index is 828. The molecule has 2 aromatic heterocycles. The third-order valence-corrected chi connectivity index (χ3v) is 5.57. The maximum absolute atomic E-state index is 12.3. The highest BCUT2D eigenvalue weighted by molar-refractivity contribution is 8.01. The molecule has 0 amide bonds. The van der Waals surface area contributed by atoms with Crippen molar-refractivity contribution < 1.29 is 9.21 Å². The number of carbonyl (C=O) groups is 1. The van der Waals surface area contributed by atoms with Gasteiger partial charge in [0.15, 0.2) is 10.1 Å². The summed E-state index contributed by atoms with van der Waals surface area (Å²) in [5.41, 5.74) is 3.06. The van der Waals surface area contributed by atoms with Crippen LogP contribution in [0.3, 0.4) is 0 Å². The molecule has 2 heterocycles. The second-order valence-electron chi connectivity index (χ2n) is 5.32. The van der Waals surface area contributed by atoms with E-state index in [0.29, 0.717) is 17.4 Å². The van der Waals surface area contributed by atoms with Crippen LogP contribution in [0.15, 0.2) is 45.4 Å². The fourth-order valence-corrected chi connectivity index (χ4v) is 3.68. The van der Waals surface area contributed by atoms with Gasteiger partial charge in [0.1, 0.15) is 5.76 Å². The van der Waals surface area contributed by atoms with Crippen LogP contribution in [0.2, 0.25) is 0 Å². The van der Waals surface area contributed by atoms with Gasteiger partial charge in [-0.25, -0.2) is 0 Å². The van der Waals surface area contributed by atoms with Crippen molar-refractivity contribution in [2.75, 3.05) is 11.1 Å². The van der Waals surface area contributed by atoms with E-state index < -0.39 is 0 Å². The average molecular weight is 359 g/mol. The fourth-order valence-electron chi connectivity index (χ4n) is 2.04. The number of nitrogens with one attached hydrogen (secondary N) is 1. The number of thioether (sulfide) groups is 1. The number of nitrogens with zero attached hydrogens (tertiary/aromatic N) is 2. The lowest BCUT2D eigenvalue weighted by molar-refractivity contribution is 0.102. The molecule has 0 atom stereocenters. The maximum Gasteiger partial charge on any atom is 0.206 e. The molecule has 0 saturated carbocycles. The van der Waals surface area contributed by atoms with Crippen molar-refractivity contribution in [3.05, 3.63) is 59.0 Å². The molecule has 0 fully saturated rings. The molecular weight excluding hydrogens is 342 g/mol. The van der Waals surface area contributed by atoms with Crippen LogP contribution >= 0.6 is 23.1 Å². The van der Waals surface area contributed by atoms with Crippen LogP contribution in [-0.4, -0.2) is 21.7 Å². The lowest BCUT2D eigenvalue weighted by atomic mass is 10.0. The molecule has 5 nitrogen and oxygen atoms in total. The Hall–Kier alpha value is -2.12. The van der Waals surface area contributed by atoms with E-state index in [1.165, 1.54) is 28.7 Å². The Balaban J connectivity index is 1.53. The normalized spacial score (nSPS) is 10.8. The number of ketones is 1. The SMILES string of the molecule is Cc1ccc(C(=O)CSc2nnc(NCc3ccco3)s2)cc1C. The number of hydrogen-bond acceptors (Lipinski definition) is 7. The summed E-state index contributed by atoms with van der Waals surface area (Å²) in [6.45, 7) is 4.62. The van der Waals surface area contributed by atoms with E-state index in [0.717, 1.165) is 21.2 Å². The van der Waals surface area contributed by atoms with Gasteiger partial charge in [-0.2, -0.15) is 0 Å². The number of rotatable bonds is 7. The van der Waals surface area contributed by atoms with Gasteiger partial charge >= 0.3 is 0 Å². The van der Waals surface area contributed by atoms with E-state index in [4.69, 9.17) is 4.42 Å². The van der Waals surface area contributed by atoms with Crippen LogP contribution < -0.4 is 5.32 Å². The summed E-state index contributed by atoms with van der Waals surface area (Å²) < 4.78 is 6.02. The van der Waals surface area contributed by atoms with Crippen molar-refractivity contribution in [2.45, 2.75) is 24.7 Å². The standard InChI is InChI=1S/C17H17N3O2S2/c1-11-5-6-13(8-12(11)2)15(21)10-23-17-20-19-16(24-17)18-9-14-4-3-7-22-14/h3-8H,9-10H2,1-2H3,(H,18,19). The first-order valence-corrected chi connectivity index (χ1v) is 9.25. The van der Waals surface area contributed by atoms with E-state index in [9.17, 15) is 4.79 Å². The minimum absolute atomic E-state index is 0.100. The van der Waals surface area contributed by atoms with Crippen molar-refractivity contribution in [1.29, 1.82) is 0 Å². The first-order valence-electron chi connectivity index (χ1n) is 7.45. The summed E-state index contributed by atoms with van der Waals surface area (Å²) in [7, 11) is 0. The van der Waals surface area contributed by atoms with E-state index in [1.807, 2.05) is 44.2 Å². The van der Waals surface area contributed by atoms with Crippen LogP contribution in [0.4, 0.5) is 5.13 Å². The third-order valence-electron chi connectivity index (χ3n) is 3.56. The third kappa shape index (κ3) is 4.24. The van der Waals surface area contributed by atoms with Gasteiger partial charge in [0, 0.05) is 5.56 Å². The van der Waals surface area contributed by atoms with Crippen LogP contribution in [-0.2, 0) is 6.54 Å². The van der Waals surface area contributed by atoms with Gasteiger partial charge in [0.2, 0.25) is 5.13 Å². The van der Waals surface area contributed by atoms with Gasteiger partial charge in [-0.1, -0.05) is 35.2 Å². The topological polar surface area (TPSA) is 68.0 Å². The van der Waals surface area contributed by atoms with Crippen molar-refractivity contribution in [2.24, 2.45) is 0 Å². The second kappa shape index (κ2) is 7.63. The van der Waals surface area contributed by atoms with Crippen molar-refractivity contribution in [3.63, 3.8) is 0 Å². The number of furan rings is 1. The molecule has 0 spiro atoms. The second-order valence-corrected chi connectivity index (χ2v) is 7.52. The minimum atomic E-state index is 0.100.